The predicted molar refractivity (Wildman–Crippen MR) is 106 cm³/mol. The van der Waals surface area contributed by atoms with Crippen LogP contribution in [0.3, 0.4) is 0 Å². The minimum Gasteiger partial charge on any atom is -0.325 e. The molecule has 2 aromatic rings. The molecule has 1 aliphatic rings. The number of hydrogen-bond donors (Lipinski definition) is 1. The fraction of sp³-hybridized carbons (Fsp3) is 0.353. The van der Waals surface area contributed by atoms with Crippen molar-refractivity contribution < 1.29 is 13.2 Å². The highest BCUT2D eigenvalue weighted by molar-refractivity contribution is 7.98. The summed E-state index contributed by atoms with van der Waals surface area (Å²) in [5.41, 5.74) is 0.770. The first-order valence-corrected chi connectivity index (χ1v) is 11.7. The van der Waals surface area contributed by atoms with Gasteiger partial charge in [-0.15, -0.1) is 23.1 Å². The van der Waals surface area contributed by atoms with Gasteiger partial charge >= 0.3 is 0 Å². The van der Waals surface area contributed by atoms with E-state index in [4.69, 9.17) is 0 Å². The molecule has 26 heavy (non-hydrogen) atoms. The van der Waals surface area contributed by atoms with E-state index in [0.29, 0.717) is 30.4 Å². The zero-order chi connectivity index (χ0) is 18.6. The van der Waals surface area contributed by atoms with Crippen LogP contribution in [0.4, 0.5) is 5.69 Å². The Morgan fingerprint density at radius 1 is 1.15 bits per heavy atom. The molecule has 9 heteroatoms. The Bertz CT molecular complexity index is 828. The molecule has 0 radical (unpaired) electrons. The Labute approximate surface area is 162 Å². The van der Waals surface area contributed by atoms with Crippen molar-refractivity contribution in [2.45, 2.75) is 9.10 Å². The molecule has 1 aliphatic heterocycles. The molecule has 1 fully saturated rings. The molecule has 140 valence electrons. The fourth-order valence-corrected chi connectivity index (χ4v) is 5.72. The van der Waals surface area contributed by atoms with Gasteiger partial charge in [0.2, 0.25) is 5.91 Å². The third kappa shape index (κ3) is 4.66. The summed E-state index contributed by atoms with van der Waals surface area (Å²) in [6.45, 7) is 2.15. The number of benzene rings is 1. The van der Waals surface area contributed by atoms with Gasteiger partial charge < -0.3 is 5.32 Å². The van der Waals surface area contributed by atoms with E-state index in [9.17, 15) is 13.2 Å². The number of rotatable bonds is 6. The smallest absolute Gasteiger partial charge is 0.252 e. The zero-order valence-corrected chi connectivity index (χ0v) is 16.9. The van der Waals surface area contributed by atoms with Gasteiger partial charge in [0.25, 0.3) is 10.0 Å². The summed E-state index contributed by atoms with van der Waals surface area (Å²) in [4.78, 5) is 15.3. The van der Waals surface area contributed by atoms with E-state index in [2.05, 4.69) is 5.32 Å². The SMILES string of the molecule is CSc1ccc(NC(=O)CN2CCN(S(=O)(=O)c3cccs3)CC2)cc1. The van der Waals surface area contributed by atoms with Gasteiger partial charge in [-0.1, -0.05) is 6.07 Å². The number of amides is 1. The van der Waals surface area contributed by atoms with E-state index < -0.39 is 10.0 Å². The first kappa shape index (κ1) is 19.4. The third-order valence-electron chi connectivity index (χ3n) is 4.16. The van der Waals surface area contributed by atoms with Crippen LogP contribution in [-0.4, -0.2) is 62.5 Å². The second kappa shape index (κ2) is 8.53. The van der Waals surface area contributed by atoms with Crippen molar-refractivity contribution in [2.75, 3.05) is 44.3 Å². The summed E-state index contributed by atoms with van der Waals surface area (Å²) in [5, 5.41) is 4.65. The topological polar surface area (TPSA) is 69.7 Å². The van der Waals surface area contributed by atoms with Crippen molar-refractivity contribution in [2.24, 2.45) is 0 Å². The van der Waals surface area contributed by atoms with Crippen LogP contribution >= 0.6 is 23.1 Å². The van der Waals surface area contributed by atoms with Crippen LogP contribution in [0, 0.1) is 0 Å². The maximum Gasteiger partial charge on any atom is 0.252 e. The van der Waals surface area contributed by atoms with Gasteiger partial charge in [0.05, 0.1) is 6.54 Å². The molecule has 0 bridgehead atoms. The lowest BCUT2D eigenvalue weighted by Crippen LogP contribution is -2.50. The van der Waals surface area contributed by atoms with Crippen LogP contribution in [0.5, 0.6) is 0 Å². The van der Waals surface area contributed by atoms with Crippen molar-refractivity contribution in [1.82, 2.24) is 9.21 Å². The second-order valence-electron chi connectivity index (χ2n) is 5.89. The van der Waals surface area contributed by atoms with Crippen molar-refractivity contribution in [1.29, 1.82) is 0 Å². The van der Waals surface area contributed by atoms with Crippen LogP contribution < -0.4 is 5.32 Å². The average molecular weight is 412 g/mol. The molecule has 1 N–H and O–H groups in total. The Kier molecular flexibility index (Phi) is 6.36. The maximum atomic E-state index is 12.5. The average Bonchev–Trinajstić information content (AvgIpc) is 3.18. The molecule has 1 aromatic heterocycles. The molecule has 3 rings (SSSR count). The summed E-state index contributed by atoms with van der Waals surface area (Å²) in [6.07, 6.45) is 2.01. The van der Waals surface area contributed by atoms with Gasteiger partial charge in [-0.3, -0.25) is 9.69 Å². The maximum absolute atomic E-state index is 12.5. The van der Waals surface area contributed by atoms with E-state index in [-0.39, 0.29) is 12.5 Å². The standard InChI is InChI=1S/C17H21N3O3S3/c1-24-15-6-4-14(5-7-15)18-16(21)13-19-8-10-20(11-9-19)26(22,23)17-3-2-12-25-17/h2-7,12H,8-11,13H2,1H3,(H,18,21). The van der Waals surface area contributed by atoms with E-state index in [0.717, 1.165) is 10.6 Å². The summed E-state index contributed by atoms with van der Waals surface area (Å²) < 4.78 is 26.9. The van der Waals surface area contributed by atoms with E-state index in [1.54, 1.807) is 29.3 Å². The number of piperazine rings is 1. The Balaban J connectivity index is 1.49. The molecular formula is C17H21N3O3S3. The summed E-state index contributed by atoms with van der Waals surface area (Å²) in [5.74, 6) is -0.0866. The Morgan fingerprint density at radius 2 is 1.85 bits per heavy atom. The van der Waals surface area contributed by atoms with E-state index in [1.807, 2.05) is 35.4 Å². The number of nitrogens with one attached hydrogen (secondary N) is 1. The number of nitrogens with zero attached hydrogens (tertiary/aromatic N) is 2. The number of anilines is 1. The highest BCUT2D eigenvalue weighted by Gasteiger charge is 2.29. The molecule has 0 saturated carbocycles. The highest BCUT2D eigenvalue weighted by atomic mass is 32.2. The first-order chi connectivity index (χ1) is 12.5. The van der Waals surface area contributed by atoms with Gasteiger partial charge in [-0.05, 0) is 42.0 Å². The van der Waals surface area contributed by atoms with Crippen LogP contribution in [0.2, 0.25) is 0 Å². The molecule has 2 heterocycles. The zero-order valence-electron chi connectivity index (χ0n) is 14.4. The molecule has 0 atom stereocenters. The molecule has 0 spiro atoms. The molecule has 6 nitrogen and oxygen atoms in total. The molecule has 1 amide bonds. The Morgan fingerprint density at radius 3 is 2.42 bits per heavy atom. The number of hydrogen-bond acceptors (Lipinski definition) is 6. The normalized spacial score (nSPS) is 16.5. The van der Waals surface area contributed by atoms with Crippen molar-refractivity contribution in [3.63, 3.8) is 0 Å². The van der Waals surface area contributed by atoms with Crippen LogP contribution in [0.15, 0.2) is 50.9 Å². The van der Waals surface area contributed by atoms with Crippen LogP contribution in [0.25, 0.3) is 0 Å². The van der Waals surface area contributed by atoms with Crippen molar-refractivity contribution in [3.8, 4) is 0 Å². The predicted octanol–water partition coefficient (Wildman–Crippen LogP) is 2.42. The lowest BCUT2D eigenvalue weighted by atomic mass is 10.3. The van der Waals surface area contributed by atoms with Gasteiger partial charge in [-0.25, -0.2) is 8.42 Å². The number of carbonyl (C=O) groups excluding carboxylic acids is 1. The lowest BCUT2D eigenvalue weighted by molar-refractivity contribution is -0.117. The van der Waals surface area contributed by atoms with Crippen molar-refractivity contribution >= 4 is 44.7 Å². The molecule has 1 aromatic carbocycles. The lowest BCUT2D eigenvalue weighted by Gasteiger charge is -2.33. The first-order valence-electron chi connectivity index (χ1n) is 8.19. The second-order valence-corrected chi connectivity index (χ2v) is 9.88. The van der Waals surface area contributed by atoms with E-state index >= 15 is 0 Å². The molecule has 0 unspecified atom stereocenters. The highest BCUT2D eigenvalue weighted by Crippen LogP contribution is 2.22. The van der Waals surface area contributed by atoms with Crippen LogP contribution in [0.1, 0.15) is 0 Å². The molecule has 0 aliphatic carbocycles. The number of carbonyl (C=O) groups is 1. The molecule has 1 saturated heterocycles. The number of thioether (sulfide) groups is 1. The van der Waals surface area contributed by atoms with Crippen LogP contribution in [-0.2, 0) is 14.8 Å². The minimum atomic E-state index is -3.40. The number of sulfonamides is 1. The van der Waals surface area contributed by atoms with E-state index in [1.165, 1.54) is 15.6 Å². The monoisotopic (exact) mass is 411 g/mol. The fourth-order valence-electron chi connectivity index (χ4n) is 2.74. The Hall–Kier alpha value is -1.39. The van der Waals surface area contributed by atoms with Gasteiger partial charge in [0, 0.05) is 36.8 Å². The largest absolute Gasteiger partial charge is 0.325 e. The van der Waals surface area contributed by atoms with Crippen molar-refractivity contribution in [3.05, 3.63) is 41.8 Å². The van der Waals surface area contributed by atoms with Gasteiger partial charge in [0.1, 0.15) is 4.21 Å². The summed E-state index contributed by atoms with van der Waals surface area (Å²) in [7, 11) is -3.40. The molecular weight excluding hydrogens is 390 g/mol. The minimum absolute atomic E-state index is 0.0866. The summed E-state index contributed by atoms with van der Waals surface area (Å²) in [6, 6.07) is 11.1. The van der Waals surface area contributed by atoms with Gasteiger partial charge in [-0.2, -0.15) is 4.31 Å². The summed E-state index contributed by atoms with van der Waals surface area (Å²) >= 11 is 2.88. The van der Waals surface area contributed by atoms with Gasteiger partial charge in [0.15, 0.2) is 0 Å². The number of thiophene rings is 1. The third-order valence-corrected chi connectivity index (χ3v) is 8.18. The quantitative estimate of drug-likeness (QED) is 0.740.